The van der Waals surface area contributed by atoms with E-state index in [1.165, 1.54) is 44.1 Å². The predicted molar refractivity (Wildman–Crippen MR) is 106 cm³/mol. The van der Waals surface area contributed by atoms with Crippen molar-refractivity contribution >= 4 is 11.6 Å². The lowest BCUT2D eigenvalue weighted by molar-refractivity contribution is 0.254. The Balaban J connectivity index is 1.30. The van der Waals surface area contributed by atoms with Crippen LogP contribution < -0.4 is 0 Å². The number of hydrogen-bond donors (Lipinski definition) is 1. The molecule has 1 N–H and O–H groups in total. The van der Waals surface area contributed by atoms with Crippen molar-refractivity contribution < 1.29 is 5.11 Å². The number of pyridine rings is 1. The highest BCUT2D eigenvalue weighted by Gasteiger charge is 2.49. The van der Waals surface area contributed by atoms with Gasteiger partial charge < -0.3 is 10.0 Å². The van der Waals surface area contributed by atoms with Gasteiger partial charge in [-0.15, -0.1) is 0 Å². The van der Waals surface area contributed by atoms with Gasteiger partial charge in [-0.25, -0.2) is 0 Å². The molecule has 3 nitrogen and oxygen atoms in total. The molecule has 0 radical (unpaired) electrons. The molecular weight excluding hydrogens is 344 g/mol. The van der Waals surface area contributed by atoms with Crippen LogP contribution in [0.25, 0.3) is 0 Å². The van der Waals surface area contributed by atoms with Crippen LogP contribution in [0.2, 0.25) is 5.02 Å². The second-order valence-corrected chi connectivity index (χ2v) is 8.92. The minimum Gasteiger partial charge on any atom is -0.506 e. The molecule has 2 heterocycles. The Kier molecular flexibility index (Phi) is 4.94. The molecule has 1 aromatic heterocycles. The largest absolute Gasteiger partial charge is 0.506 e. The number of likely N-dealkylation sites (tertiary alicyclic amines) is 1. The quantitative estimate of drug-likeness (QED) is 0.837. The maximum atomic E-state index is 9.34. The van der Waals surface area contributed by atoms with E-state index in [0.717, 1.165) is 35.5 Å². The number of hydrogen-bond acceptors (Lipinski definition) is 3. The summed E-state index contributed by atoms with van der Waals surface area (Å²) in [6, 6.07) is 12.0. The van der Waals surface area contributed by atoms with Crippen molar-refractivity contribution in [1.82, 2.24) is 9.88 Å². The highest BCUT2D eigenvalue weighted by atomic mass is 35.5. The Bertz CT molecular complexity index is 746. The zero-order chi connectivity index (χ0) is 18.1. The minimum atomic E-state index is 0.240. The first-order valence-corrected chi connectivity index (χ1v) is 9.99. The Labute approximate surface area is 161 Å². The van der Waals surface area contributed by atoms with Crippen molar-refractivity contribution in [2.75, 3.05) is 19.6 Å². The number of halogens is 1. The molecule has 0 spiro atoms. The highest BCUT2D eigenvalue weighted by molar-refractivity contribution is 6.30. The van der Waals surface area contributed by atoms with Crippen LogP contribution in [-0.4, -0.2) is 34.6 Å². The summed E-state index contributed by atoms with van der Waals surface area (Å²) in [5, 5.41) is 10.2. The third-order valence-electron chi connectivity index (χ3n) is 6.35. The zero-order valence-corrected chi connectivity index (χ0v) is 16.1. The van der Waals surface area contributed by atoms with Crippen molar-refractivity contribution in [3.8, 4) is 5.75 Å². The first kappa shape index (κ1) is 17.8. The van der Waals surface area contributed by atoms with E-state index in [2.05, 4.69) is 28.9 Å². The second-order valence-electron chi connectivity index (χ2n) is 8.48. The highest BCUT2D eigenvalue weighted by Crippen LogP contribution is 2.51. The monoisotopic (exact) mass is 370 g/mol. The van der Waals surface area contributed by atoms with E-state index in [1.807, 2.05) is 18.2 Å². The molecule has 3 unspecified atom stereocenters. The maximum absolute atomic E-state index is 9.34. The smallest absolute Gasteiger partial charge is 0.133 e. The average molecular weight is 371 g/mol. The van der Waals surface area contributed by atoms with Gasteiger partial charge in [-0.05, 0) is 66.3 Å². The van der Waals surface area contributed by atoms with Crippen molar-refractivity contribution in [3.05, 3.63) is 58.9 Å². The molecule has 26 heavy (non-hydrogen) atoms. The van der Waals surface area contributed by atoms with Gasteiger partial charge in [-0.1, -0.05) is 30.7 Å². The zero-order valence-electron chi connectivity index (χ0n) is 15.4. The Morgan fingerprint density at radius 2 is 2.04 bits per heavy atom. The predicted octanol–water partition coefficient (Wildman–Crippen LogP) is 4.57. The Morgan fingerprint density at radius 3 is 2.73 bits per heavy atom. The fourth-order valence-corrected chi connectivity index (χ4v) is 5.21. The number of benzene rings is 1. The molecule has 1 aliphatic carbocycles. The van der Waals surface area contributed by atoms with Crippen molar-refractivity contribution in [3.63, 3.8) is 0 Å². The van der Waals surface area contributed by atoms with Crippen molar-refractivity contribution in [2.45, 2.75) is 32.6 Å². The lowest BCUT2D eigenvalue weighted by atomic mass is 9.83. The maximum Gasteiger partial charge on any atom is 0.133 e. The second kappa shape index (κ2) is 7.21. The number of aromatic hydroxyl groups is 1. The third kappa shape index (κ3) is 3.89. The molecule has 4 heteroatoms. The van der Waals surface area contributed by atoms with Crippen LogP contribution in [0.3, 0.4) is 0 Å². The van der Waals surface area contributed by atoms with Gasteiger partial charge >= 0.3 is 0 Å². The molecule has 4 rings (SSSR count). The molecule has 0 amide bonds. The van der Waals surface area contributed by atoms with Crippen LogP contribution in [-0.2, 0) is 12.8 Å². The van der Waals surface area contributed by atoms with Crippen LogP contribution in [0, 0.1) is 17.3 Å². The lowest BCUT2D eigenvalue weighted by Gasteiger charge is -2.24. The van der Waals surface area contributed by atoms with Crippen LogP contribution in [0.1, 0.15) is 31.0 Å². The van der Waals surface area contributed by atoms with Gasteiger partial charge in [0.25, 0.3) is 0 Å². The summed E-state index contributed by atoms with van der Waals surface area (Å²) in [6.45, 7) is 5.96. The molecule has 1 saturated heterocycles. The number of nitrogens with zero attached hydrogens (tertiary/aromatic N) is 2. The van der Waals surface area contributed by atoms with Gasteiger partial charge in [0.05, 0.1) is 6.20 Å². The van der Waals surface area contributed by atoms with E-state index in [4.69, 9.17) is 11.6 Å². The minimum absolute atomic E-state index is 0.240. The van der Waals surface area contributed by atoms with Crippen LogP contribution in [0.15, 0.2) is 42.6 Å². The summed E-state index contributed by atoms with van der Waals surface area (Å²) in [4.78, 5) is 6.92. The normalized spacial score (nSPS) is 28.4. The molecule has 2 aliphatic rings. The molecule has 0 bridgehead atoms. The molecule has 2 fully saturated rings. The fraction of sp³-hybridized carbons (Fsp3) is 0.500. The van der Waals surface area contributed by atoms with Gasteiger partial charge in [-0.2, -0.15) is 0 Å². The topological polar surface area (TPSA) is 36.4 Å². The van der Waals surface area contributed by atoms with Gasteiger partial charge in [0.15, 0.2) is 0 Å². The molecule has 138 valence electrons. The van der Waals surface area contributed by atoms with Gasteiger partial charge in [0.2, 0.25) is 0 Å². The lowest BCUT2D eigenvalue weighted by Crippen LogP contribution is -2.27. The number of rotatable bonds is 5. The Hall–Kier alpha value is -1.58. The van der Waals surface area contributed by atoms with E-state index in [0.29, 0.717) is 5.41 Å². The van der Waals surface area contributed by atoms with Gasteiger partial charge in [-0.3, -0.25) is 4.98 Å². The summed E-state index contributed by atoms with van der Waals surface area (Å²) >= 11 is 6.00. The molecule has 1 saturated carbocycles. The first-order valence-electron chi connectivity index (χ1n) is 9.61. The van der Waals surface area contributed by atoms with Gasteiger partial charge in [0.1, 0.15) is 5.75 Å². The van der Waals surface area contributed by atoms with Gasteiger partial charge in [0, 0.05) is 36.8 Å². The molecular formula is C22H27ClN2O. The van der Waals surface area contributed by atoms with E-state index in [1.54, 1.807) is 6.07 Å². The molecule has 1 aliphatic heterocycles. The summed E-state index contributed by atoms with van der Waals surface area (Å²) in [6.07, 6.45) is 6.34. The summed E-state index contributed by atoms with van der Waals surface area (Å²) in [7, 11) is 0. The third-order valence-corrected chi connectivity index (χ3v) is 6.60. The Morgan fingerprint density at radius 1 is 1.23 bits per heavy atom. The fourth-order valence-electron chi connectivity index (χ4n) is 5.09. The first-order chi connectivity index (χ1) is 12.5. The molecule has 1 aromatic carbocycles. The van der Waals surface area contributed by atoms with Crippen molar-refractivity contribution in [1.29, 1.82) is 0 Å². The molecule has 3 atom stereocenters. The van der Waals surface area contributed by atoms with Crippen LogP contribution in [0.4, 0.5) is 0 Å². The average Bonchev–Trinajstić information content (AvgIpc) is 3.07. The summed E-state index contributed by atoms with van der Waals surface area (Å²) < 4.78 is 0. The van der Waals surface area contributed by atoms with E-state index in [9.17, 15) is 5.11 Å². The van der Waals surface area contributed by atoms with Crippen molar-refractivity contribution in [2.24, 2.45) is 17.3 Å². The van der Waals surface area contributed by atoms with Crippen LogP contribution >= 0.6 is 11.6 Å². The SMILES string of the molecule is CC12CC(Cc3ccc(Cl)cc3)CC1CN(CCc1ccc(O)cn1)C2. The summed E-state index contributed by atoms with van der Waals surface area (Å²) in [5.41, 5.74) is 2.93. The van der Waals surface area contributed by atoms with E-state index < -0.39 is 0 Å². The van der Waals surface area contributed by atoms with E-state index in [-0.39, 0.29) is 5.75 Å². The van der Waals surface area contributed by atoms with E-state index >= 15 is 0 Å². The summed E-state index contributed by atoms with van der Waals surface area (Å²) in [5.74, 6) is 1.85. The number of aromatic nitrogens is 1. The van der Waals surface area contributed by atoms with Crippen LogP contribution in [0.5, 0.6) is 5.75 Å². The number of fused-ring (bicyclic) bond motifs is 1. The molecule has 2 aromatic rings. The standard InChI is InChI=1S/C22H27ClN2O/c1-22-12-17(10-16-2-4-19(23)5-3-16)11-18(22)14-25(15-22)9-8-20-6-7-21(26)13-24-20/h2-7,13,17-18,26H,8-12,14-15H2,1H3.